The van der Waals surface area contributed by atoms with Crippen molar-refractivity contribution in [3.05, 3.63) is 23.8 Å². The van der Waals surface area contributed by atoms with Crippen LogP contribution in [0.5, 0.6) is 5.75 Å². The molecule has 1 amide bonds. The lowest BCUT2D eigenvalue weighted by Crippen LogP contribution is -2.43. The van der Waals surface area contributed by atoms with E-state index in [1.807, 2.05) is 26.0 Å². The molecule has 4 nitrogen and oxygen atoms in total. The lowest BCUT2D eigenvalue weighted by atomic mass is 10.0. The molecule has 0 spiro atoms. The van der Waals surface area contributed by atoms with Crippen LogP contribution >= 0.6 is 0 Å². The molecule has 0 radical (unpaired) electrons. The van der Waals surface area contributed by atoms with Gasteiger partial charge in [0.05, 0.1) is 11.3 Å². The van der Waals surface area contributed by atoms with E-state index in [2.05, 4.69) is 17.6 Å². The van der Waals surface area contributed by atoms with Crippen LogP contribution in [0, 0.1) is 0 Å². The fourth-order valence-electron chi connectivity index (χ4n) is 1.81. The van der Waals surface area contributed by atoms with Crippen LogP contribution in [0.3, 0.4) is 0 Å². The van der Waals surface area contributed by atoms with Crippen molar-refractivity contribution >= 4 is 11.6 Å². The van der Waals surface area contributed by atoms with E-state index in [1.165, 1.54) is 0 Å². The molecule has 0 unspecified atom stereocenters. The lowest BCUT2D eigenvalue weighted by molar-refractivity contribution is 0.0907. The van der Waals surface area contributed by atoms with E-state index in [0.29, 0.717) is 17.9 Å². The number of benzene rings is 1. The van der Waals surface area contributed by atoms with E-state index < -0.39 is 0 Å². The monoisotopic (exact) mass is 248 g/mol. The first kappa shape index (κ1) is 12.7. The Morgan fingerprint density at radius 1 is 1.50 bits per heavy atom. The maximum atomic E-state index is 12.3. The van der Waals surface area contributed by atoms with Gasteiger partial charge in [-0.05, 0) is 32.4 Å². The van der Waals surface area contributed by atoms with Crippen LogP contribution in [0.15, 0.2) is 18.2 Å². The van der Waals surface area contributed by atoms with Gasteiger partial charge in [-0.1, -0.05) is 13.0 Å². The predicted octanol–water partition coefficient (Wildman–Crippen LogP) is 2.41. The van der Waals surface area contributed by atoms with Crippen molar-refractivity contribution in [3.63, 3.8) is 0 Å². The van der Waals surface area contributed by atoms with Crippen LogP contribution in [0.2, 0.25) is 0 Å². The number of carbonyl (C=O) groups is 1. The van der Waals surface area contributed by atoms with Gasteiger partial charge in [-0.2, -0.15) is 0 Å². The first-order valence-electron chi connectivity index (χ1n) is 6.36. The fourth-order valence-corrected chi connectivity index (χ4v) is 1.81. The maximum Gasteiger partial charge on any atom is 0.255 e. The molecule has 0 saturated heterocycles. The third kappa shape index (κ3) is 2.58. The fraction of sp³-hybridized carbons (Fsp3) is 0.500. The Hall–Kier alpha value is -1.71. The van der Waals surface area contributed by atoms with Gasteiger partial charge in [-0.15, -0.1) is 0 Å². The highest BCUT2D eigenvalue weighted by Gasteiger charge is 2.23. The highest BCUT2D eigenvalue weighted by Crippen LogP contribution is 2.31. The van der Waals surface area contributed by atoms with E-state index in [1.54, 1.807) is 6.07 Å². The van der Waals surface area contributed by atoms with Crippen molar-refractivity contribution in [1.82, 2.24) is 5.32 Å². The molecular formula is C14H20N2O2. The van der Waals surface area contributed by atoms with Crippen molar-refractivity contribution < 1.29 is 9.53 Å². The Labute approximate surface area is 108 Å². The van der Waals surface area contributed by atoms with Gasteiger partial charge in [-0.3, -0.25) is 4.79 Å². The van der Waals surface area contributed by atoms with Gasteiger partial charge in [0.1, 0.15) is 6.61 Å². The van der Waals surface area contributed by atoms with Crippen LogP contribution in [0.25, 0.3) is 0 Å². The molecule has 1 aliphatic heterocycles. The summed E-state index contributed by atoms with van der Waals surface area (Å²) in [6.07, 6.45) is 0.882. The van der Waals surface area contributed by atoms with E-state index in [0.717, 1.165) is 18.7 Å². The number of amides is 1. The Morgan fingerprint density at radius 2 is 2.28 bits per heavy atom. The summed E-state index contributed by atoms with van der Waals surface area (Å²) in [7, 11) is 0. The zero-order valence-electron chi connectivity index (χ0n) is 11.2. The summed E-state index contributed by atoms with van der Waals surface area (Å²) >= 11 is 0. The zero-order chi connectivity index (χ0) is 13.2. The second-order valence-electron chi connectivity index (χ2n) is 5.15. The second-order valence-corrected chi connectivity index (χ2v) is 5.15. The normalized spacial score (nSPS) is 14.2. The first-order chi connectivity index (χ1) is 8.53. The molecule has 0 aliphatic carbocycles. The molecule has 1 aromatic rings. The molecule has 1 aliphatic rings. The van der Waals surface area contributed by atoms with Gasteiger partial charge in [0.2, 0.25) is 0 Å². The molecule has 0 bridgehead atoms. The topological polar surface area (TPSA) is 50.4 Å². The van der Waals surface area contributed by atoms with Gasteiger partial charge in [0.25, 0.3) is 5.91 Å². The number of para-hydroxylation sites is 1. The summed E-state index contributed by atoms with van der Waals surface area (Å²) in [5, 5.41) is 6.26. The SMILES string of the molecule is CCC(C)(C)NC(=O)c1cccc2c1OCCN2. The predicted molar refractivity (Wildman–Crippen MR) is 72.3 cm³/mol. The highest BCUT2D eigenvalue weighted by atomic mass is 16.5. The Morgan fingerprint density at radius 3 is 3.00 bits per heavy atom. The quantitative estimate of drug-likeness (QED) is 0.863. The van der Waals surface area contributed by atoms with Gasteiger partial charge >= 0.3 is 0 Å². The lowest BCUT2D eigenvalue weighted by Gasteiger charge is -2.26. The molecule has 0 saturated carbocycles. The minimum absolute atomic E-state index is 0.0811. The number of ether oxygens (including phenoxy) is 1. The summed E-state index contributed by atoms with van der Waals surface area (Å²) in [6, 6.07) is 5.59. The smallest absolute Gasteiger partial charge is 0.255 e. The summed E-state index contributed by atoms with van der Waals surface area (Å²) in [5.41, 5.74) is 1.28. The summed E-state index contributed by atoms with van der Waals surface area (Å²) in [5.74, 6) is 0.579. The summed E-state index contributed by atoms with van der Waals surface area (Å²) in [6.45, 7) is 7.45. The van der Waals surface area contributed by atoms with Gasteiger partial charge < -0.3 is 15.4 Å². The van der Waals surface area contributed by atoms with Gasteiger partial charge in [-0.25, -0.2) is 0 Å². The number of carbonyl (C=O) groups excluding carboxylic acids is 1. The molecule has 0 aromatic heterocycles. The molecule has 0 atom stereocenters. The highest BCUT2D eigenvalue weighted by molar-refractivity contribution is 5.99. The van der Waals surface area contributed by atoms with Crippen LogP contribution in [0.4, 0.5) is 5.69 Å². The van der Waals surface area contributed by atoms with Crippen LogP contribution in [0.1, 0.15) is 37.6 Å². The standard InChI is InChI=1S/C14H20N2O2/c1-4-14(2,3)16-13(17)10-6-5-7-11-12(10)18-9-8-15-11/h5-7,15H,4,8-9H2,1-3H3,(H,16,17). The average molecular weight is 248 g/mol. The number of rotatable bonds is 3. The molecule has 18 heavy (non-hydrogen) atoms. The summed E-state index contributed by atoms with van der Waals surface area (Å²) in [4.78, 5) is 12.3. The third-order valence-electron chi connectivity index (χ3n) is 3.26. The first-order valence-corrected chi connectivity index (χ1v) is 6.36. The molecule has 98 valence electrons. The van der Waals surface area contributed by atoms with Crippen LogP contribution in [-0.4, -0.2) is 24.6 Å². The molecule has 2 rings (SSSR count). The average Bonchev–Trinajstić information content (AvgIpc) is 2.37. The Kier molecular flexibility index (Phi) is 3.45. The Bertz CT molecular complexity index is 455. The van der Waals surface area contributed by atoms with Crippen LogP contribution < -0.4 is 15.4 Å². The zero-order valence-corrected chi connectivity index (χ0v) is 11.2. The van der Waals surface area contributed by atoms with E-state index in [-0.39, 0.29) is 11.4 Å². The molecule has 1 heterocycles. The molecule has 1 aromatic carbocycles. The van der Waals surface area contributed by atoms with Crippen molar-refractivity contribution in [2.75, 3.05) is 18.5 Å². The molecule has 4 heteroatoms. The number of fused-ring (bicyclic) bond motifs is 1. The Balaban J connectivity index is 2.26. The molecule has 2 N–H and O–H groups in total. The number of nitrogens with one attached hydrogen (secondary N) is 2. The van der Waals surface area contributed by atoms with E-state index >= 15 is 0 Å². The van der Waals surface area contributed by atoms with Gasteiger partial charge in [0, 0.05) is 12.1 Å². The van der Waals surface area contributed by atoms with Crippen molar-refractivity contribution in [2.24, 2.45) is 0 Å². The third-order valence-corrected chi connectivity index (χ3v) is 3.26. The number of anilines is 1. The van der Waals surface area contributed by atoms with E-state index in [9.17, 15) is 4.79 Å². The largest absolute Gasteiger partial charge is 0.489 e. The minimum Gasteiger partial charge on any atom is -0.489 e. The second kappa shape index (κ2) is 4.88. The van der Waals surface area contributed by atoms with Crippen LogP contribution in [-0.2, 0) is 0 Å². The summed E-state index contributed by atoms with van der Waals surface area (Å²) < 4.78 is 5.60. The van der Waals surface area contributed by atoms with Gasteiger partial charge in [0.15, 0.2) is 5.75 Å². The maximum absolute atomic E-state index is 12.3. The van der Waals surface area contributed by atoms with Crippen molar-refractivity contribution in [3.8, 4) is 5.75 Å². The molecular weight excluding hydrogens is 228 g/mol. The molecule has 0 fully saturated rings. The van der Waals surface area contributed by atoms with E-state index in [4.69, 9.17) is 4.74 Å². The van der Waals surface area contributed by atoms with Crippen molar-refractivity contribution in [1.29, 1.82) is 0 Å². The number of hydrogen-bond acceptors (Lipinski definition) is 3. The number of hydrogen-bond donors (Lipinski definition) is 2. The van der Waals surface area contributed by atoms with Crippen molar-refractivity contribution in [2.45, 2.75) is 32.7 Å². The minimum atomic E-state index is -0.206.